The highest BCUT2D eigenvalue weighted by Crippen LogP contribution is 2.15. The van der Waals surface area contributed by atoms with Crippen molar-refractivity contribution in [3.63, 3.8) is 0 Å². The van der Waals surface area contributed by atoms with Crippen LogP contribution in [0, 0.1) is 0 Å². The Kier molecular flexibility index (Phi) is 3.75. The van der Waals surface area contributed by atoms with Gasteiger partial charge in [-0.05, 0) is 23.3 Å². The van der Waals surface area contributed by atoms with Gasteiger partial charge in [0.1, 0.15) is 5.52 Å². The number of fused-ring (bicyclic) bond motifs is 1. The second kappa shape index (κ2) is 5.85. The smallest absolute Gasteiger partial charge is 0.245 e. The number of hydrogen-bond acceptors (Lipinski definition) is 5. The fourth-order valence-corrected chi connectivity index (χ4v) is 2.27. The van der Waals surface area contributed by atoms with Crippen LogP contribution < -0.4 is 10.6 Å². The van der Waals surface area contributed by atoms with Gasteiger partial charge in [0.05, 0.1) is 5.52 Å². The molecular weight excluding hydrogens is 262 g/mol. The highest BCUT2D eigenvalue weighted by Gasteiger charge is 2.09. The van der Waals surface area contributed by atoms with Gasteiger partial charge in [-0.25, -0.2) is 4.98 Å². The van der Waals surface area contributed by atoms with Gasteiger partial charge in [-0.2, -0.15) is 0 Å². The SMILES string of the molecule is CN(Cc1ccccc1CN)c1nnc2ccccc2n1. The Bertz CT molecular complexity index is 756. The van der Waals surface area contributed by atoms with Crippen molar-refractivity contribution in [3.8, 4) is 0 Å². The molecule has 2 aromatic carbocycles. The lowest BCUT2D eigenvalue weighted by Crippen LogP contribution is -2.21. The van der Waals surface area contributed by atoms with Crippen molar-refractivity contribution in [1.29, 1.82) is 0 Å². The van der Waals surface area contributed by atoms with Crippen LogP contribution in [0.4, 0.5) is 5.95 Å². The van der Waals surface area contributed by atoms with Gasteiger partial charge in [0.15, 0.2) is 0 Å². The maximum absolute atomic E-state index is 5.78. The Morgan fingerprint density at radius 1 is 0.905 bits per heavy atom. The number of para-hydroxylation sites is 1. The van der Waals surface area contributed by atoms with E-state index < -0.39 is 0 Å². The van der Waals surface area contributed by atoms with E-state index in [1.54, 1.807) is 0 Å². The van der Waals surface area contributed by atoms with Crippen LogP contribution >= 0.6 is 0 Å². The average molecular weight is 279 g/mol. The third kappa shape index (κ3) is 2.83. The molecule has 0 aliphatic rings. The van der Waals surface area contributed by atoms with E-state index in [1.165, 1.54) is 5.56 Å². The molecule has 1 aromatic heterocycles. The Labute approximate surface area is 123 Å². The largest absolute Gasteiger partial charge is 0.338 e. The van der Waals surface area contributed by atoms with Crippen LogP contribution in [-0.2, 0) is 13.1 Å². The average Bonchev–Trinajstić information content (AvgIpc) is 2.55. The molecule has 1 heterocycles. The van der Waals surface area contributed by atoms with Gasteiger partial charge in [0, 0.05) is 20.1 Å². The predicted octanol–water partition coefficient (Wildman–Crippen LogP) is 2.12. The third-order valence-electron chi connectivity index (χ3n) is 3.44. The number of aromatic nitrogens is 3. The predicted molar refractivity (Wildman–Crippen MR) is 83.8 cm³/mol. The van der Waals surface area contributed by atoms with Gasteiger partial charge in [0.25, 0.3) is 0 Å². The molecule has 5 nitrogen and oxygen atoms in total. The molecule has 5 heteroatoms. The molecule has 21 heavy (non-hydrogen) atoms. The zero-order valence-electron chi connectivity index (χ0n) is 11.9. The molecule has 0 atom stereocenters. The summed E-state index contributed by atoms with van der Waals surface area (Å²) in [4.78, 5) is 6.53. The molecule has 0 fully saturated rings. The summed E-state index contributed by atoms with van der Waals surface area (Å²) in [7, 11) is 1.96. The van der Waals surface area contributed by atoms with Gasteiger partial charge < -0.3 is 10.6 Å². The number of rotatable bonds is 4. The standard InChI is InChI=1S/C16H17N5/c1-21(11-13-7-3-2-6-12(13)10-17)16-18-14-8-4-5-9-15(14)19-20-16/h2-9H,10-11,17H2,1H3. The zero-order valence-corrected chi connectivity index (χ0v) is 11.9. The molecular formula is C16H17N5. The first-order chi connectivity index (χ1) is 10.3. The van der Waals surface area contributed by atoms with Crippen molar-refractivity contribution in [3.05, 3.63) is 59.7 Å². The molecule has 0 aliphatic heterocycles. The Balaban J connectivity index is 1.88. The lowest BCUT2D eigenvalue weighted by atomic mass is 10.1. The van der Waals surface area contributed by atoms with Crippen LogP contribution in [-0.4, -0.2) is 22.2 Å². The fourth-order valence-electron chi connectivity index (χ4n) is 2.27. The topological polar surface area (TPSA) is 67.9 Å². The van der Waals surface area contributed by atoms with Crippen LogP contribution in [0.1, 0.15) is 11.1 Å². The van der Waals surface area contributed by atoms with Crippen LogP contribution in [0.2, 0.25) is 0 Å². The number of nitrogens with two attached hydrogens (primary N) is 1. The van der Waals surface area contributed by atoms with Gasteiger partial charge >= 0.3 is 0 Å². The monoisotopic (exact) mass is 279 g/mol. The van der Waals surface area contributed by atoms with E-state index in [-0.39, 0.29) is 0 Å². The van der Waals surface area contributed by atoms with Gasteiger partial charge in [-0.1, -0.05) is 36.4 Å². The fraction of sp³-hybridized carbons (Fsp3) is 0.188. The van der Waals surface area contributed by atoms with Crippen molar-refractivity contribution in [2.75, 3.05) is 11.9 Å². The van der Waals surface area contributed by atoms with E-state index >= 15 is 0 Å². The quantitative estimate of drug-likeness (QED) is 0.792. The molecule has 0 spiro atoms. The first-order valence-electron chi connectivity index (χ1n) is 6.85. The normalized spacial score (nSPS) is 10.8. The number of nitrogens with zero attached hydrogens (tertiary/aromatic N) is 4. The molecule has 0 bridgehead atoms. The molecule has 0 aliphatic carbocycles. The second-order valence-electron chi connectivity index (χ2n) is 4.93. The molecule has 0 saturated carbocycles. The van der Waals surface area contributed by atoms with Crippen molar-refractivity contribution in [2.45, 2.75) is 13.1 Å². The summed E-state index contributed by atoms with van der Waals surface area (Å²) in [6.07, 6.45) is 0. The Hall–Kier alpha value is -2.53. The van der Waals surface area contributed by atoms with Crippen LogP contribution in [0.5, 0.6) is 0 Å². The summed E-state index contributed by atoms with van der Waals surface area (Å²) in [6, 6.07) is 15.9. The summed E-state index contributed by atoms with van der Waals surface area (Å²) >= 11 is 0. The molecule has 106 valence electrons. The summed E-state index contributed by atoms with van der Waals surface area (Å²) in [5.74, 6) is 0.612. The van der Waals surface area contributed by atoms with Gasteiger partial charge in [0.2, 0.25) is 5.95 Å². The summed E-state index contributed by atoms with van der Waals surface area (Å²) < 4.78 is 0. The van der Waals surface area contributed by atoms with Crippen molar-refractivity contribution < 1.29 is 0 Å². The van der Waals surface area contributed by atoms with E-state index in [2.05, 4.69) is 21.2 Å². The second-order valence-corrected chi connectivity index (χ2v) is 4.93. The highest BCUT2D eigenvalue weighted by molar-refractivity contribution is 5.74. The van der Waals surface area contributed by atoms with Crippen molar-refractivity contribution >= 4 is 17.0 Å². The lowest BCUT2D eigenvalue weighted by Gasteiger charge is -2.18. The minimum absolute atomic E-state index is 0.529. The molecule has 0 amide bonds. The summed E-state index contributed by atoms with van der Waals surface area (Å²) in [6.45, 7) is 1.23. The zero-order chi connectivity index (χ0) is 14.7. The molecule has 3 rings (SSSR count). The Morgan fingerprint density at radius 2 is 1.57 bits per heavy atom. The Morgan fingerprint density at radius 3 is 2.33 bits per heavy atom. The first kappa shape index (κ1) is 13.5. The molecule has 0 unspecified atom stereocenters. The van der Waals surface area contributed by atoms with E-state index in [9.17, 15) is 0 Å². The third-order valence-corrected chi connectivity index (χ3v) is 3.44. The van der Waals surface area contributed by atoms with Crippen molar-refractivity contribution in [2.24, 2.45) is 5.73 Å². The maximum atomic E-state index is 5.78. The number of hydrogen-bond donors (Lipinski definition) is 1. The minimum Gasteiger partial charge on any atom is -0.338 e. The number of benzene rings is 2. The van der Waals surface area contributed by atoms with Crippen LogP contribution in [0.3, 0.4) is 0 Å². The molecule has 2 N–H and O–H groups in total. The van der Waals surface area contributed by atoms with Crippen molar-refractivity contribution in [1.82, 2.24) is 15.2 Å². The highest BCUT2D eigenvalue weighted by atomic mass is 15.3. The van der Waals surface area contributed by atoms with E-state index in [1.807, 2.05) is 54.4 Å². The van der Waals surface area contributed by atoms with E-state index in [4.69, 9.17) is 5.73 Å². The maximum Gasteiger partial charge on any atom is 0.245 e. The summed E-state index contributed by atoms with van der Waals surface area (Å²) in [5, 5.41) is 8.40. The number of anilines is 1. The van der Waals surface area contributed by atoms with E-state index in [0.717, 1.165) is 16.6 Å². The lowest BCUT2D eigenvalue weighted by molar-refractivity contribution is 0.833. The van der Waals surface area contributed by atoms with Crippen LogP contribution in [0.15, 0.2) is 48.5 Å². The summed E-state index contributed by atoms with van der Waals surface area (Å²) in [5.41, 5.74) is 9.75. The van der Waals surface area contributed by atoms with Gasteiger partial charge in [-0.3, -0.25) is 0 Å². The molecule has 3 aromatic rings. The minimum atomic E-state index is 0.529. The molecule has 0 radical (unpaired) electrons. The van der Waals surface area contributed by atoms with E-state index in [0.29, 0.717) is 19.0 Å². The van der Waals surface area contributed by atoms with Gasteiger partial charge in [-0.15, -0.1) is 10.2 Å². The first-order valence-corrected chi connectivity index (χ1v) is 6.85. The molecule has 0 saturated heterocycles. The van der Waals surface area contributed by atoms with Crippen LogP contribution in [0.25, 0.3) is 11.0 Å².